The molecule has 0 aliphatic carbocycles. The van der Waals surface area contributed by atoms with Crippen LogP contribution in [0.1, 0.15) is 37.8 Å². The molecule has 0 unspecified atom stereocenters. The van der Waals surface area contributed by atoms with Crippen molar-refractivity contribution in [2.45, 2.75) is 26.7 Å². The normalized spacial score (nSPS) is 13.8. The van der Waals surface area contributed by atoms with Gasteiger partial charge < -0.3 is 10.1 Å². The molecule has 0 atom stereocenters. The molecule has 4 rings (SSSR count). The smallest absolute Gasteiger partial charge is 0.282 e. The third kappa shape index (κ3) is 4.64. The maximum atomic E-state index is 13.5. The summed E-state index contributed by atoms with van der Waals surface area (Å²) in [4.78, 5) is 28.3. The van der Waals surface area contributed by atoms with E-state index in [-0.39, 0.29) is 11.6 Å². The van der Waals surface area contributed by atoms with E-state index in [1.807, 2.05) is 49.4 Å². The molecule has 0 fully saturated rings. The van der Waals surface area contributed by atoms with E-state index in [0.29, 0.717) is 45.8 Å². The van der Waals surface area contributed by atoms with Crippen LogP contribution in [0.2, 0.25) is 5.02 Å². The number of imide groups is 1. The molecule has 2 amide bonds. The molecule has 5 nitrogen and oxygen atoms in total. The molecule has 3 aromatic rings. The number of carbonyl (C=O) groups is 2. The number of nitrogens with zero attached hydrogens (tertiary/aromatic N) is 1. The van der Waals surface area contributed by atoms with Crippen molar-refractivity contribution in [1.29, 1.82) is 0 Å². The zero-order valence-electron chi connectivity index (χ0n) is 18.8. The first-order valence-electron chi connectivity index (χ1n) is 10.9. The van der Waals surface area contributed by atoms with Gasteiger partial charge in [-0.1, -0.05) is 55.8 Å². The molecule has 1 N–H and O–H groups in total. The van der Waals surface area contributed by atoms with Gasteiger partial charge in [-0.15, -0.1) is 0 Å². The van der Waals surface area contributed by atoms with Crippen molar-refractivity contribution >= 4 is 40.4 Å². The van der Waals surface area contributed by atoms with Gasteiger partial charge in [0.25, 0.3) is 11.8 Å². The molecule has 6 heteroatoms. The Balaban J connectivity index is 1.76. The quantitative estimate of drug-likeness (QED) is 0.423. The van der Waals surface area contributed by atoms with Crippen LogP contribution in [-0.2, 0) is 9.59 Å². The highest BCUT2D eigenvalue weighted by molar-refractivity contribution is 6.46. The van der Waals surface area contributed by atoms with E-state index in [1.54, 1.807) is 30.3 Å². The molecular formula is C27H25ClN2O3. The standard InChI is InChI=1S/C27H25ClN2O3/c1-4-33-23-7-5-6-21(16-23)29-25-24(19-8-12-20(28)13-9-19)26(31)30(27(25)32)22-14-10-18(11-15-22)17(2)3/h5-17,29H,4H2,1-3H3. The number of hydrogen-bond acceptors (Lipinski definition) is 4. The van der Waals surface area contributed by atoms with Gasteiger partial charge in [0.1, 0.15) is 11.4 Å². The number of carbonyl (C=O) groups excluding carboxylic acids is 2. The predicted octanol–water partition coefficient (Wildman–Crippen LogP) is 6.26. The van der Waals surface area contributed by atoms with Crippen LogP contribution in [0.15, 0.2) is 78.5 Å². The predicted molar refractivity (Wildman–Crippen MR) is 133 cm³/mol. The molecule has 0 spiro atoms. The Morgan fingerprint density at radius 1 is 0.939 bits per heavy atom. The number of anilines is 2. The number of ether oxygens (including phenoxy) is 1. The lowest BCUT2D eigenvalue weighted by Crippen LogP contribution is -2.32. The highest BCUT2D eigenvalue weighted by Gasteiger charge is 2.40. The van der Waals surface area contributed by atoms with E-state index < -0.39 is 5.91 Å². The molecule has 0 bridgehead atoms. The maximum absolute atomic E-state index is 13.5. The average Bonchev–Trinajstić information content (AvgIpc) is 3.04. The Hall–Kier alpha value is -3.57. The Labute approximate surface area is 198 Å². The highest BCUT2D eigenvalue weighted by Crippen LogP contribution is 2.35. The summed E-state index contributed by atoms with van der Waals surface area (Å²) in [5.74, 6) is 0.225. The second-order valence-corrected chi connectivity index (χ2v) is 8.47. The van der Waals surface area contributed by atoms with Gasteiger partial charge in [0, 0.05) is 16.8 Å². The summed E-state index contributed by atoms with van der Waals surface area (Å²) in [5, 5.41) is 3.72. The lowest BCUT2D eigenvalue weighted by Gasteiger charge is -2.16. The molecule has 1 heterocycles. The van der Waals surface area contributed by atoms with E-state index in [2.05, 4.69) is 19.2 Å². The van der Waals surface area contributed by atoms with E-state index >= 15 is 0 Å². The largest absolute Gasteiger partial charge is 0.494 e. The molecule has 1 aliphatic rings. The highest BCUT2D eigenvalue weighted by atomic mass is 35.5. The third-order valence-corrected chi connectivity index (χ3v) is 5.70. The zero-order valence-corrected chi connectivity index (χ0v) is 19.5. The topological polar surface area (TPSA) is 58.6 Å². The number of nitrogens with one attached hydrogen (secondary N) is 1. The number of hydrogen-bond donors (Lipinski definition) is 1. The summed E-state index contributed by atoms with van der Waals surface area (Å²) >= 11 is 6.05. The minimum atomic E-state index is -0.413. The summed E-state index contributed by atoms with van der Waals surface area (Å²) in [5.41, 5.74) is 3.44. The fraction of sp³-hybridized carbons (Fsp3) is 0.185. The molecule has 168 valence electrons. The number of benzene rings is 3. The van der Waals surface area contributed by atoms with Gasteiger partial charge in [-0.25, -0.2) is 4.90 Å². The molecular weight excluding hydrogens is 436 g/mol. The fourth-order valence-corrected chi connectivity index (χ4v) is 3.87. The van der Waals surface area contributed by atoms with Gasteiger partial charge >= 0.3 is 0 Å². The molecule has 3 aromatic carbocycles. The van der Waals surface area contributed by atoms with Crippen LogP contribution >= 0.6 is 11.6 Å². The van der Waals surface area contributed by atoms with Crippen molar-refractivity contribution in [3.63, 3.8) is 0 Å². The summed E-state index contributed by atoms with van der Waals surface area (Å²) < 4.78 is 5.57. The summed E-state index contributed by atoms with van der Waals surface area (Å²) in [7, 11) is 0. The van der Waals surface area contributed by atoms with Gasteiger partial charge in [0.2, 0.25) is 0 Å². The maximum Gasteiger partial charge on any atom is 0.282 e. The van der Waals surface area contributed by atoms with Crippen molar-refractivity contribution < 1.29 is 14.3 Å². The Bertz CT molecular complexity index is 1210. The SMILES string of the molecule is CCOc1cccc(NC2=C(c3ccc(Cl)cc3)C(=O)N(c3ccc(C(C)C)cc3)C2=O)c1. The molecule has 1 aliphatic heterocycles. The van der Waals surface area contributed by atoms with E-state index in [4.69, 9.17) is 16.3 Å². The Morgan fingerprint density at radius 3 is 2.27 bits per heavy atom. The lowest BCUT2D eigenvalue weighted by molar-refractivity contribution is -0.120. The first kappa shape index (κ1) is 22.6. The molecule has 0 aromatic heterocycles. The first-order chi connectivity index (χ1) is 15.9. The molecule has 0 radical (unpaired) electrons. The van der Waals surface area contributed by atoms with Gasteiger partial charge in [-0.2, -0.15) is 0 Å². The Morgan fingerprint density at radius 2 is 1.64 bits per heavy atom. The van der Waals surface area contributed by atoms with Crippen LogP contribution in [0.25, 0.3) is 5.57 Å². The van der Waals surface area contributed by atoms with Crippen molar-refractivity contribution in [2.24, 2.45) is 0 Å². The molecule has 0 saturated heterocycles. The first-order valence-corrected chi connectivity index (χ1v) is 11.3. The zero-order chi connectivity index (χ0) is 23.5. The lowest BCUT2D eigenvalue weighted by atomic mass is 10.0. The minimum absolute atomic E-state index is 0.212. The third-order valence-electron chi connectivity index (χ3n) is 5.45. The summed E-state index contributed by atoms with van der Waals surface area (Å²) in [6.07, 6.45) is 0. The summed E-state index contributed by atoms with van der Waals surface area (Å²) in [6.45, 7) is 6.63. The van der Waals surface area contributed by atoms with Crippen molar-refractivity contribution in [3.8, 4) is 5.75 Å². The second kappa shape index (κ2) is 9.51. The molecule has 0 saturated carbocycles. The summed E-state index contributed by atoms with van der Waals surface area (Å²) in [6, 6.07) is 21.7. The van der Waals surface area contributed by atoms with E-state index in [1.165, 1.54) is 4.90 Å². The van der Waals surface area contributed by atoms with Crippen LogP contribution in [0.4, 0.5) is 11.4 Å². The molecule has 33 heavy (non-hydrogen) atoms. The number of amides is 2. The fourth-order valence-electron chi connectivity index (χ4n) is 3.75. The van der Waals surface area contributed by atoms with Crippen molar-refractivity contribution in [3.05, 3.63) is 94.6 Å². The van der Waals surface area contributed by atoms with Crippen LogP contribution in [0, 0.1) is 0 Å². The van der Waals surface area contributed by atoms with Gasteiger partial charge in [-0.3, -0.25) is 9.59 Å². The van der Waals surface area contributed by atoms with Crippen LogP contribution in [0.5, 0.6) is 5.75 Å². The van der Waals surface area contributed by atoms with E-state index in [9.17, 15) is 9.59 Å². The van der Waals surface area contributed by atoms with Crippen LogP contribution in [0.3, 0.4) is 0 Å². The Kier molecular flexibility index (Phi) is 6.52. The van der Waals surface area contributed by atoms with Crippen LogP contribution in [-0.4, -0.2) is 18.4 Å². The number of halogens is 1. The van der Waals surface area contributed by atoms with Crippen molar-refractivity contribution in [1.82, 2.24) is 0 Å². The van der Waals surface area contributed by atoms with Crippen molar-refractivity contribution in [2.75, 3.05) is 16.8 Å². The number of rotatable bonds is 7. The minimum Gasteiger partial charge on any atom is -0.494 e. The van der Waals surface area contributed by atoms with E-state index in [0.717, 1.165) is 5.56 Å². The van der Waals surface area contributed by atoms with Gasteiger partial charge in [0.15, 0.2) is 0 Å². The monoisotopic (exact) mass is 460 g/mol. The van der Waals surface area contributed by atoms with Crippen LogP contribution < -0.4 is 15.0 Å². The van der Waals surface area contributed by atoms with Gasteiger partial charge in [-0.05, 0) is 60.4 Å². The average molecular weight is 461 g/mol. The second-order valence-electron chi connectivity index (χ2n) is 8.03. The van der Waals surface area contributed by atoms with Gasteiger partial charge in [0.05, 0.1) is 17.9 Å².